The second kappa shape index (κ2) is 4.94. The fraction of sp³-hybridized carbons (Fsp3) is 0.556. The van der Waals surface area contributed by atoms with E-state index in [1.165, 1.54) is 0 Å². The first kappa shape index (κ1) is 15.1. The number of nitrogens with zero attached hydrogens (tertiary/aromatic N) is 2. The van der Waals surface area contributed by atoms with Crippen LogP contribution in [-0.2, 0) is 6.54 Å². The summed E-state index contributed by atoms with van der Waals surface area (Å²) in [6, 6.07) is 0. The molecule has 0 spiro atoms. The number of aryl methyl sites for hydroxylation is 1. The molecule has 0 bridgehead atoms. The molecule has 0 aliphatic heterocycles. The lowest BCUT2D eigenvalue weighted by atomic mass is 10.1. The quantitative estimate of drug-likeness (QED) is 0.624. The summed E-state index contributed by atoms with van der Waals surface area (Å²) in [6.45, 7) is 1.74. The van der Waals surface area contributed by atoms with Crippen LogP contribution >= 0.6 is 15.9 Å². The molecule has 0 atom stereocenters. The van der Waals surface area contributed by atoms with Crippen LogP contribution in [0.25, 0.3) is 0 Å². The molecular weight excluding hydrogens is 327 g/mol. The summed E-state index contributed by atoms with van der Waals surface area (Å²) in [5, 5.41) is 3.57. The van der Waals surface area contributed by atoms with Gasteiger partial charge in [0.15, 0.2) is 0 Å². The fourth-order valence-corrected chi connectivity index (χ4v) is 1.72. The van der Waals surface area contributed by atoms with Crippen LogP contribution in [0.3, 0.4) is 0 Å². The van der Waals surface area contributed by atoms with Crippen molar-refractivity contribution in [1.82, 2.24) is 9.78 Å². The normalized spacial score (nSPS) is 12.8. The molecule has 0 unspecified atom stereocenters. The van der Waals surface area contributed by atoms with Gasteiger partial charge in [-0.25, -0.2) is 0 Å². The lowest BCUT2D eigenvalue weighted by Crippen LogP contribution is -2.45. The van der Waals surface area contributed by atoms with Crippen LogP contribution < -0.4 is 0 Å². The van der Waals surface area contributed by atoms with Crippen LogP contribution in [0.5, 0.6) is 0 Å². The zero-order valence-corrected chi connectivity index (χ0v) is 10.6. The number of hydrogen-bond donors (Lipinski definition) is 0. The topological polar surface area (TPSA) is 34.9 Å². The average Bonchev–Trinajstić information content (AvgIpc) is 2.58. The number of alkyl halides is 5. The molecule has 1 aromatic rings. The summed E-state index contributed by atoms with van der Waals surface area (Å²) in [5.41, 5.74) is -0.779. The summed E-state index contributed by atoms with van der Waals surface area (Å²) in [5.74, 6) is -7.74. The van der Waals surface area contributed by atoms with E-state index in [4.69, 9.17) is 0 Å². The monoisotopic (exact) mass is 334 g/mol. The van der Waals surface area contributed by atoms with E-state index in [2.05, 4.69) is 21.0 Å². The molecule has 0 aliphatic rings. The van der Waals surface area contributed by atoms with Gasteiger partial charge in [-0.1, -0.05) is 6.92 Å². The number of halogens is 6. The predicted octanol–water partition coefficient (Wildman–Crippen LogP) is 3.44. The largest absolute Gasteiger partial charge is 0.461 e. The van der Waals surface area contributed by atoms with Crippen molar-refractivity contribution in [2.75, 3.05) is 0 Å². The molecular formula is C9H8BrF5N2O. The highest BCUT2D eigenvalue weighted by atomic mass is 79.9. The van der Waals surface area contributed by atoms with E-state index in [1.807, 2.05) is 0 Å². The number of carbonyl (C=O) groups excluding carboxylic acids is 1. The predicted molar refractivity (Wildman–Crippen MR) is 55.6 cm³/mol. The molecule has 9 heteroatoms. The second-order valence-corrected chi connectivity index (χ2v) is 4.32. The molecule has 0 N–H and O–H groups in total. The van der Waals surface area contributed by atoms with E-state index in [0.717, 1.165) is 10.9 Å². The maximum atomic E-state index is 13.0. The van der Waals surface area contributed by atoms with Crippen molar-refractivity contribution in [3.05, 3.63) is 16.4 Å². The number of carbonyl (C=O) groups is 1. The maximum Gasteiger partial charge on any atom is 0.461 e. The third-order valence-corrected chi connectivity index (χ3v) is 2.67. The van der Waals surface area contributed by atoms with Crippen molar-refractivity contribution in [3.63, 3.8) is 0 Å². The molecule has 0 fully saturated rings. The number of Topliss-reactive ketones (excluding diaryl/α,β-unsaturated/α-hetero) is 1. The van der Waals surface area contributed by atoms with Crippen molar-refractivity contribution in [3.8, 4) is 0 Å². The molecule has 0 saturated carbocycles. The van der Waals surface area contributed by atoms with E-state index in [9.17, 15) is 26.7 Å². The van der Waals surface area contributed by atoms with Gasteiger partial charge < -0.3 is 0 Å². The van der Waals surface area contributed by atoms with Crippen molar-refractivity contribution in [1.29, 1.82) is 0 Å². The van der Waals surface area contributed by atoms with E-state index >= 15 is 0 Å². The Balaban J connectivity index is 3.23. The van der Waals surface area contributed by atoms with Gasteiger partial charge in [0.05, 0.1) is 10.7 Å². The first-order valence-corrected chi connectivity index (χ1v) is 5.62. The Morgan fingerprint density at radius 3 is 2.39 bits per heavy atom. The van der Waals surface area contributed by atoms with Crippen LogP contribution in [0.15, 0.2) is 10.7 Å². The molecule has 0 saturated heterocycles. The zero-order valence-electron chi connectivity index (χ0n) is 9.06. The Morgan fingerprint density at radius 2 is 1.94 bits per heavy atom. The number of ketones is 1. The fourth-order valence-electron chi connectivity index (χ4n) is 1.25. The van der Waals surface area contributed by atoms with Gasteiger partial charge in [0.25, 0.3) is 5.78 Å². The van der Waals surface area contributed by atoms with Gasteiger partial charge in [0, 0.05) is 6.54 Å². The van der Waals surface area contributed by atoms with E-state index in [1.54, 1.807) is 6.92 Å². The van der Waals surface area contributed by atoms with Gasteiger partial charge >= 0.3 is 12.1 Å². The molecule has 102 valence electrons. The smallest absolute Gasteiger partial charge is 0.285 e. The summed E-state index contributed by atoms with van der Waals surface area (Å²) < 4.78 is 62.9. The van der Waals surface area contributed by atoms with Crippen LogP contribution in [0, 0.1) is 0 Å². The Morgan fingerprint density at radius 1 is 1.39 bits per heavy atom. The summed E-state index contributed by atoms with van der Waals surface area (Å²) in [4.78, 5) is 11.3. The molecule has 0 aliphatic carbocycles. The van der Waals surface area contributed by atoms with Gasteiger partial charge in [-0.2, -0.15) is 27.1 Å². The molecule has 0 amide bonds. The van der Waals surface area contributed by atoms with Gasteiger partial charge in [-0.05, 0) is 22.4 Å². The highest BCUT2D eigenvalue weighted by Crippen LogP contribution is 2.39. The standard InChI is InChI=1S/C9H8BrF5N2O/c1-2-3-17-6(5(10)4-16-17)7(18)8(11,12)9(13,14)15/h4H,2-3H2,1H3. The zero-order chi connectivity index (χ0) is 14.1. The van der Waals surface area contributed by atoms with Crippen molar-refractivity contribution in [2.45, 2.75) is 32.0 Å². The average molecular weight is 335 g/mol. The van der Waals surface area contributed by atoms with Crippen LogP contribution in [0.2, 0.25) is 0 Å². The number of rotatable bonds is 4. The lowest BCUT2D eigenvalue weighted by molar-refractivity contribution is -0.256. The Hall–Kier alpha value is -0.990. The van der Waals surface area contributed by atoms with Gasteiger partial charge in [-0.3, -0.25) is 9.48 Å². The van der Waals surface area contributed by atoms with Crippen molar-refractivity contribution in [2.24, 2.45) is 0 Å². The SMILES string of the molecule is CCCn1ncc(Br)c1C(=O)C(F)(F)C(F)(F)F. The first-order valence-electron chi connectivity index (χ1n) is 4.83. The minimum atomic E-state index is -5.93. The first-order chi connectivity index (χ1) is 8.13. The molecule has 0 radical (unpaired) electrons. The third kappa shape index (κ3) is 2.55. The van der Waals surface area contributed by atoms with Crippen LogP contribution in [0.4, 0.5) is 22.0 Å². The van der Waals surface area contributed by atoms with E-state index < -0.39 is 23.6 Å². The van der Waals surface area contributed by atoms with Gasteiger partial charge in [-0.15, -0.1) is 0 Å². The van der Waals surface area contributed by atoms with E-state index in [-0.39, 0.29) is 11.0 Å². The molecule has 0 aromatic carbocycles. The van der Waals surface area contributed by atoms with Gasteiger partial charge in [0.2, 0.25) is 0 Å². The maximum absolute atomic E-state index is 13.0. The summed E-state index contributed by atoms with van der Waals surface area (Å²) in [6.07, 6.45) is -4.48. The molecule has 18 heavy (non-hydrogen) atoms. The van der Waals surface area contributed by atoms with Crippen LogP contribution in [0.1, 0.15) is 23.8 Å². The number of aromatic nitrogens is 2. The Labute approximate surface area is 107 Å². The Bertz CT molecular complexity index is 454. The molecule has 1 heterocycles. The molecule has 1 rings (SSSR count). The summed E-state index contributed by atoms with van der Waals surface area (Å²) in [7, 11) is 0. The molecule has 1 aromatic heterocycles. The lowest BCUT2D eigenvalue weighted by Gasteiger charge is -2.18. The molecule has 3 nitrogen and oxygen atoms in total. The highest BCUT2D eigenvalue weighted by molar-refractivity contribution is 9.10. The minimum Gasteiger partial charge on any atom is -0.285 e. The highest BCUT2D eigenvalue weighted by Gasteiger charge is 2.64. The third-order valence-electron chi connectivity index (χ3n) is 2.09. The van der Waals surface area contributed by atoms with Crippen molar-refractivity contribution >= 4 is 21.7 Å². The van der Waals surface area contributed by atoms with Gasteiger partial charge in [0.1, 0.15) is 5.69 Å². The Kier molecular flexibility index (Phi) is 4.14. The van der Waals surface area contributed by atoms with Crippen LogP contribution in [-0.4, -0.2) is 27.7 Å². The van der Waals surface area contributed by atoms with E-state index in [0.29, 0.717) is 6.42 Å². The summed E-state index contributed by atoms with van der Waals surface area (Å²) >= 11 is 2.74. The second-order valence-electron chi connectivity index (χ2n) is 3.47. The minimum absolute atomic E-state index is 0.0701. The number of hydrogen-bond acceptors (Lipinski definition) is 2. The van der Waals surface area contributed by atoms with Crippen molar-refractivity contribution < 1.29 is 26.7 Å².